The maximum Gasteiger partial charge on any atom is 0.226 e. The van der Waals surface area contributed by atoms with Crippen LogP contribution in [0.25, 0.3) is 0 Å². The molecule has 1 atom stereocenters. The molecule has 0 aromatic carbocycles. The molecule has 1 fully saturated rings. The minimum atomic E-state index is 0.0428. The fourth-order valence-electron chi connectivity index (χ4n) is 2.10. The van der Waals surface area contributed by atoms with E-state index < -0.39 is 0 Å². The number of hydrogen-bond acceptors (Lipinski definition) is 5. The Hall–Kier alpha value is -1.01. The van der Waals surface area contributed by atoms with Crippen LogP contribution in [0.4, 0.5) is 5.13 Å². The molecule has 6 heteroatoms. The highest BCUT2D eigenvalue weighted by Crippen LogP contribution is 2.16. The van der Waals surface area contributed by atoms with Crippen molar-refractivity contribution in [2.45, 2.75) is 51.5 Å². The molecule has 1 unspecified atom stereocenters. The van der Waals surface area contributed by atoms with E-state index in [1.54, 1.807) is 0 Å². The third-order valence-electron chi connectivity index (χ3n) is 3.15. The van der Waals surface area contributed by atoms with Crippen molar-refractivity contribution in [3.05, 3.63) is 5.01 Å². The Morgan fingerprint density at radius 1 is 1.50 bits per heavy atom. The lowest BCUT2D eigenvalue weighted by atomic mass is 10.0. The van der Waals surface area contributed by atoms with Crippen LogP contribution in [0.2, 0.25) is 0 Å². The first-order chi connectivity index (χ1) is 8.78. The molecule has 1 saturated heterocycles. The fraction of sp³-hybridized carbons (Fsp3) is 0.750. The molecule has 18 heavy (non-hydrogen) atoms. The number of amides is 1. The van der Waals surface area contributed by atoms with E-state index in [-0.39, 0.29) is 5.91 Å². The van der Waals surface area contributed by atoms with Crippen LogP contribution in [0, 0.1) is 0 Å². The molecule has 1 aliphatic heterocycles. The van der Waals surface area contributed by atoms with Gasteiger partial charge in [-0.15, -0.1) is 10.2 Å². The normalized spacial score (nSPS) is 19.7. The summed E-state index contributed by atoms with van der Waals surface area (Å²) < 4.78 is 0. The zero-order valence-electron chi connectivity index (χ0n) is 10.7. The molecule has 100 valence electrons. The molecule has 0 radical (unpaired) electrons. The van der Waals surface area contributed by atoms with E-state index in [2.05, 4.69) is 20.8 Å². The molecule has 1 aliphatic rings. The Morgan fingerprint density at radius 2 is 2.39 bits per heavy atom. The van der Waals surface area contributed by atoms with Crippen molar-refractivity contribution in [2.24, 2.45) is 0 Å². The minimum Gasteiger partial charge on any atom is -0.314 e. The molecular weight excluding hydrogens is 248 g/mol. The van der Waals surface area contributed by atoms with E-state index in [1.807, 2.05) is 6.92 Å². The second-order valence-corrected chi connectivity index (χ2v) is 5.65. The first-order valence-electron chi connectivity index (χ1n) is 6.63. The summed E-state index contributed by atoms with van der Waals surface area (Å²) in [5, 5.41) is 15.8. The molecule has 2 rings (SSSR count). The minimum absolute atomic E-state index is 0.0428. The van der Waals surface area contributed by atoms with Crippen molar-refractivity contribution < 1.29 is 4.79 Å². The second kappa shape index (κ2) is 6.80. The zero-order chi connectivity index (χ0) is 12.8. The Bertz CT molecular complexity index is 387. The van der Waals surface area contributed by atoms with E-state index in [1.165, 1.54) is 30.6 Å². The number of anilines is 1. The average molecular weight is 268 g/mol. The van der Waals surface area contributed by atoms with Crippen molar-refractivity contribution >= 4 is 22.4 Å². The van der Waals surface area contributed by atoms with E-state index in [9.17, 15) is 4.79 Å². The summed E-state index contributed by atoms with van der Waals surface area (Å²) in [5.41, 5.74) is 0. The van der Waals surface area contributed by atoms with Gasteiger partial charge in [-0.25, -0.2) is 0 Å². The van der Waals surface area contributed by atoms with E-state index in [4.69, 9.17) is 0 Å². The van der Waals surface area contributed by atoms with E-state index in [0.717, 1.165) is 24.4 Å². The number of piperidine rings is 1. The van der Waals surface area contributed by atoms with Crippen LogP contribution in [0.5, 0.6) is 0 Å². The van der Waals surface area contributed by atoms with Gasteiger partial charge in [0.05, 0.1) is 0 Å². The first kappa shape index (κ1) is 13.4. The van der Waals surface area contributed by atoms with Gasteiger partial charge in [0.1, 0.15) is 5.01 Å². The number of nitrogens with zero attached hydrogens (tertiary/aromatic N) is 2. The summed E-state index contributed by atoms with van der Waals surface area (Å²) in [4.78, 5) is 11.8. The lowest BCUT2D eigenvalue weighted by molar-refractivity contribution is -0.116. The predicted octanol–water partition coefficient (Wildman–Crippen LogP) is 1.96. The second-order valence-electron chi connectivity index (χ2n) is 4.59. The van der Waals surface area contributed by atoms with Crippen LogP contribution in [-0.4, -0.2) is 28.7 Å². The Kier molecular flexibility index (Phi) is 5.07. The monoisotopic (exact) mass is 268 g/mol. The van der Waals surface area contributed by atoms with Crippen molar-refractivity contribution in [3.8, 4) is 0 Å². The molecule has 0 bridgehead atoms. The molecule has 1 aromatic rings. The van der Waals surface area contributed by atoms with Gasteiger partial charge in [-0.3, -0.25) is 4.79 Å². The van der Waals surface area contributed by atoms with Gasteiger partial charge in [-0.05, 0) is 32.2 Å². The van der Waals surface area contributed by atoms with Gasteiger partial charge in [0.2, 0.25) is 11.0 Å². The quantitative estimate of drug-likeness (QED) is 0.856. The third kappa shape index (κ3) is 4.03. The summed E-state index contributed by atoms with van der Waals surface area (Å²) in [7, 11) is 0. The first-order valence-corrected chi connectivity index (χ1v) is 7.45. The summed E-state index contributed by atoms with van der Waals surface area (Å²) in [5.74, 6) is 0.0428. The van der Waals surface area contributed by atoms with Gasteiger partial charge in [0, 0.05) is 12.5 Å². The van der Waals surface area contributed by atoms with Crippen LogP contribution in [-0.2, 0) is 11.2 Å². The highest BCUT2D eigenvalue weighted by Gasteiger charge is 2.14. The van der Waals surface area contributed by atoms with Crippen LogP contribution in [0.15, 0.2) is 0 Å². The molecule has 0 spiro atoms. The molecule has 2 heterocycles. The van der Waals surface area contributed by atoms with Crippen molar-refractivity contribution in [1.82, 2.24) is 15.5 Å². The smallest absolute Gasteiger partial charge is 0.226 e. The summed E-state index contributed by atoms with van der Waals surface area (Å²) in [6.45, 7) is 3.11. The largest absolute Gasteiger partial charge is 0.314 e. The number of hydrogen-bond donors (Lipinski definition) is 2. The average Bonchev–Trinajstić information content (AvgIpc) is 2.85. The van der Waals surface area contributed by atoms with Crippen LogP contribution in [0.1, 0.15) is 44.0 Å². The van der Waals surface area contributed by atoms with Gasteiger partial charge in [-0.1, -0.05) is 24.7 Å². The van der Waals surface area contributed by atoms with Crippen LogP contribution in [0.3, 0.4) is 0 Å². The van der Waals surface area contributed by atoms with Gasteiger partial charge in [0.25, 0.3) is 0 Å². The Balaban J connectivity index is 1.71. The third-order valence-corrected chi connectivity index (χ3v) is 4.13. The predicted molar refractivity (Wildman–Crippen MR) is 72.8 cm³/mol. The zero-order valence-corrected chi connectivity index (χ0v) is 11.6. The number of aryl methyl sites for hydroxylation is 1. The van der Waals surface area contributed by atoms with Crippen molar-refractivity contribution in [3.63, 3.8) is 0 Å². The van der Waals surface area contributed by atoms with Gasteiger partial charge in [0.15, 0.2) is 0 Å². The fourth-order valence-corrected chi connectivity index (χ4v) is 2.80. The SMILES string of the molecule is CCc1nnc(NC(=O)CCC2CCCCN2)s1. The molecule has 5 nitrogen and oxygen atoms in total. The van der Waals surface area contributed by atoms with E-state index >= 15 is 0 Å². The van der Waals surface area contributed by atoms with E-state index in [0.29, 0.717) is 17.6 Å². The van der Waals surface area contributed by atoms with Gasteiger partial charge < -0.3 is 10.6 Å². The topological polar surface area (TPSA) is 66.9 Å². The molecular formula is C12H20N4OS. The summed E-state index contributed by atoms with van der Waals surface area (Å²) >= 11 is 1.45. The van der Waals surface area contributed by atoms with Crippen molar-refractivity contribution in [1.29, 1.82) is 0 Å². The number of aromatic nitrogens is 2. The lowest BCUT2D eigenvalue weighted by Crippen LogP contribution is -2.34. The van der Waals surface area contributed by atoms with Crippen molar-refractivity contribution in [2.75, 3.05) is 11.9 Å². The summed E-state index contributed by atoms with van der Waals surface area (Å²) in [6.07, 6.45) is 6.04. The molecule has 2 N–H and O–H groups in total. The molecule has 1 amide bonds. The van der Waals surface area contributed by atoms with Gasteiger partial charge in [-0.2, -0.15) is 0 Å². The highest BCUT2D eigenvalue weighted by molar-refractivity contribution is 7.15. The number of nitrogens with one attached hydrogen (secondary N) is 2. The highest BCUT2D eigenvalue weighted by atomic mass is 32.1. The summed E-state index contributed by atoms with van der Waals surface area (Å²) in [6, 6.07) is 0.505. The number of carbonyl (C=O) groups excluding carboxylic acids is 1. The number of carbonyl (C=O) groups is 1. The number of rotatable bonds is 5. The molecule has 1 aromatic heterocycles. The maximum absolute atomic E-state index is 11.8. The Morgan fingerprint density at radius 3 is 3.06 bits per heavy atom. The lowest BCUT2D eigenvalue weighted by Gasteiger charge is -2.22. The molecule has 0 saturated carbocycles. The van der Waals surface area contributed by atoms with Crippen LogP contribution >= 0.6 is 11.3 Å². The maximum atomic E-state index is 11.8. The standard InChI is InChI=1S/C12H20N4OS/c1-2-11-15-16-12(18-11)14-10(17)7-6-9-5-3-4-8-13-9/h9,13H,2-8H2,1H3,(H,14,16,17). The van der Waals surface area contributed by atoms with Crippen LogP contribution < -0.4 is 10.6 Å². The molecule has 0 aliphatic carbocycles. The Labute approximate surface area is 111 Å². The van der Waals surface area contributed by atoms with Gasteiger partial charge >= 0.3 is 0 Å².